The third kappa shape index (κ3) is 4.69. The fraction of sp³-hybridized carbons (Fsp3) is 0.0909. The number of thioether (sulfide) groups is 1. The summed E-state index contributed by atoms with van der Waals surface area (Å²) in [6, 6.07) is 34.3. The first-order valence-corrected chi connectivity index (χ1v) is 13.3. The zero-order valence-corrected chi connectivity index (χ0v) is 21.7. The van der Waals surface area contributed by atoms with Gasteiger partial charge in [0.1, 0.15) is 12.4 Å². The van der Waals surface area contributed by atoms with E-state index in [-0.39, 0.29) is 17.7 Å². The lowest BCUT2D eigenvalue weighted by Crippen LogP contribution is -2.27. The molecule has 0 aliphatic carbocycles. The third-order valence-electron chi connectivity index (χ3n) is 6.77. The first-order chi connectivity index (χ1) is 18.6. The third-order valence-corrected chi connectivity index (χ3v) is 7.67. The summed E-state index contributed by atoms with van der Waals surface area (Å²) in [7, 11) is 0. The molecule has 6 rings (SSSR count). The number of carbonyl (C=O) groups is 2. The molecule has 0 spiro atoms. The zero-order valence-electron chi connectivity index (χ0n) is 20.9. The maximum absolute atomic E-state index is 13.4. The van der Waals surface area contributed by atoms with Crippen LogP contribution in [-0.4, -0.2) is 16.0 Å². The molecular weight excluding hydrogens is 490 g/mol. The van der Waals surface area contributed by atoms with Crippen LogP contribution in [0.4, 0.5) is 4.79 Å². The Kier molecular flexibility index (Phi) is 6.44. The maximum atomic E-state index is 13.4. The van der Waals surface area contributed by atoms with Crippen molar-refractivity contribution in [2.45, 2.75) is 20.1 Å². The summed E-state index contributed by atoms with van der Waals surface area (Å²) in [4.78, 5) is 27.9. The Hall–Kier alpha value is -4.35. The van der Waals surface area contributed by atoms with Crippen LogP contribution >= 0.6 is 11.8 Å². The summed E-state index contributed by atoms with van der Waals surface area (Å²) in [5, 5.41) is 4.05. The first-order valence-electron chi connectivity index (χ1n) is 12.5. The molecule has 0 saturated carbocycles. The second-order valence-corrected chi connectivity index (χ2v) is 10.4. The van der Waals surface area contributed by atoms with E-state index in [4.69, 9.17) is 4.74 Å². The summed E-state index contributed by atoms with van der Waals surface area (Å²) in [5.41, 5.74) is 3.90. The predicted octanol–water partition coefficient (Wildman–Crippen LogP) is 8.12. The summed E-state index contributed by atoms with van der Waals surface area (Å²) in [6.07, 6.45) is 1.81. The van der Waals surface area contributed by atoms with Gasteiger partial charge in [-0.3, -0.25) is 14.5 Å². The van der Waals surface area contributed by atoms with Crippen molar-refractivity contribution in [2.24, 2.45) is 0 Å². The molecule has 186 valence electrons. The van der Waals surface area contributed by atoms with E-state index in [1.54, 1.807) is 0 Å². The van der Waals surface area contributed by atoms with Crippen LogP contribution in [0.3, 0.4) is 0 Å². The molecule has 1 aliphatic heterocycles. The molecule has 0 radical (unpaired) electrons. The van der Waals surface area contributed by atoms with Crippen LogP contribution in [0.15, 0.2) is 108 Å². The van der Waals surface area contributed by atoms with E-state index in [9.17, 15) is 9.59 Å². The lowest BCUT2D eigenvalue weighted by Gasteiger charge is -2.14. The first kappa shape index (κ1) is 24.0. The minimum Gasteiger partial charge on any atom is -0.488 e. The van der Waals surface area contributed by atoms with Crippen molar-refractivity contribution in [1.29, 1.82) is 0 Å². The largest absolute Gasteiger partial charge is 0.488 e. The smallest absolute Gasteiger partial charge is 0.293 e. The van der Waals surface area contributed by atoms with Crippen LogP contribution in [0.25, 0.3) is 27.6 Å². The summed E-state index contributed by atoms with van der Waals surface area (Å²) < 4.78 is 6.38. The van der Waals surface area contributed by atoms with E-state index in [1.165, 1.54) is 4.90 Å². The second-order valence-electron chi connectivity index (χ2n) is 9.38. The molecule has 1 heterocycles. The van der Waals surface area contributed by atoms with Gasteiger partial charge in [-0.15, -0.1) is 0 Å². The highest BCUT2D eigenvalue weighted by Crippen LogP contribution is 2.38. The molecule has 0 atom stereocenters. The van der Waals surface area contributed by atoms with Crippen LogP contribution in [0.5, 0.6) is 5.75 Å². The molecule has 2 amide bonds. The van der Waals surface area contributed by atoms with E-state index < -0.39 is 0 Å². The van der Waals surface area contributed by atoms with E-state index in [0.29, 0.717) is 17.3 Å². The number of hydrogen-bond acceptors (Lipinski definition) is 4. The van der Waals surface area contributed by atoms with Gasteiger partial charge in [0.05, 0.1) is 11.4 Å². The second kappa shape index (κ2) is 10.2. The number of carbonyl (C=O) groups excluding carboxylic acids is 2. The fourth-order valence-corrected chi connectivity index (χ4v) is 5.70. The van der Waals surface area contributed by atoms with Gasteiger partial charge in [0.15, 0.2) is 0 Å². The monoisotopic (exact) mass is 515 g/mol. The molecule has 38 heavy (non-hydrogen) atoms. The van der Waals surface area contributed by atoms with Gasteiger partial charge < -0.3 is 4.74 Å². The lowest BCUT2D eigenvalue weighted by atomic mass is 10.0. The summed E-state index contributed by atoms with van der Waals surface area (Å²) >= 11 is 0.977. The molecule has 1 fully saturated rings. The molecule has 0 unspecified atom stereocenters. The minimum atomic E-state index is -0.283. The fourth-order valence-electron chi connectivity index (χ4n) is 4.88. The van der Waals surface area contributed by atoms with E-state index in [0.717, 1.165) is 55.6 Å². The molecule has 0 bridgehead atoms. The van der Waals surface area contributed by atoms with Gasteiger partial charge >= 0.3 is 0 Å². The molecule has 1 saturated heterocycles. The lowest BCUT2D eigenvalue weighted by molar-refractivity contribution is -0.123. The van der Waals surface area contributed by atoms with Crippen LogP contribution in [0.2, 0.25) is 0 Å². The molecule has 0 aromatic heterocycles. The van der Waals surface area contributed by atoms with E-state index >= 15 is 0 Å². The number of imide groups is 1. The molecule has 5 heteroatoms. The Labute approximate surface area is 225 Å². The number of ether oxygens (including phenoxy) is 1. The number of amides is 2. The van der Waals surface area contributed by atoms with Gasteiger partial charge in [0, 0.05) is 5.56 Å². The average Bonchev–Trinajstić information content (AvgIpc) is 3.20. The highest BCUT2D eigenvalue weighted by atomic mass is 32.2. The van der Waals surface area contributed by atoms with Gasteiger partial charge in [-0.25, -0.2) is 0 Å². The standard InChI is InChI=1S/C33H25NO3S/c1-22-8-6-9-23(18-22)20-34-32(35)31(38-33(34)36)19-29-28-15-5-3-11-25(28)16-17-30(29)37-21-26-13-7-12-24-10-2-4-14-27(24)26/h2-19H,20-21H2,1H3/b31-19-. The van der Waals surface area contributed by atoms with Gasteiger partial charge in [-0.1, -0.05) is 103 Å². The van der Waals surface area contributed by atoms with Crippen LogP contribution in [0, 0.1) is 6.92 Å². The van der Waals surface area contributed by atoms with Crippen molar-refractivity contribution < 1.29 is 14.3 Å². The number of benzene rings is 5. The van der Waals surface area contributed by atoms with Crippen molar-refractivity contribution in [3.63, 3.8) is 0 Å². The quantitative estimate of drug-likeness (QED) is 0.214. The normalized spacial score (nSPS) is 14.7. The minimum absolute atomic E-state index is 0.254. The average molecular weight is 516 g/mol. The number of nitrogens with zero attached hydrogens (tertiary/aromatic N) is 1. The van der Waals surface area contributed by atoms with Gasteiger partial charge in [0.2, 0.25) is 0 Å². The van der Waals surface area contributed by atoms with E-state index in [2.05, 4.69) is 24.3 Å². The van der Waals surface area contributed by atoms with Crippen molar-refractivity contribution >= 4 is 50.5 Å². The van der Waals surface area contributed by atoms with Gasteiger partial charge in [0.25, 0.3) is 11.1 Å². The Morgan fingerprint density at radius 2 is 1.50 bits per heavy atom. The van der Waals surface area contributed by atoms with Gasteiger partial charge in [-0.2, -0.15) is 0 Å². The van der Waals surface area contributed by atoms with Crippen LogP contribution in [-0.2, 0) is 17.9 Å². The van der Waals surface area contributed by atoms with Crippen molar-refractivity contribution in [3.8, 4) is 5.75 Å². The predicted molar refractivity (Wildman–Crippen MR) is 155 cm³/mol. The van der Waals surface area contributed by atoms with Crippen molar-refractivity contribution in [2.75, 3.05) is 0 Å². The molecular formula is C33H25NO3S. The highest BCUT2D eigenvalue weighted by molar-refractivity contribution is 8.18. The molecule has 4 nitrogen and oxygen atoms in total. The zero-order chi connectivity index (χ0) is 26.1. The van der Waals surface area contributed by atoms with Gasteiger partial charge in [-0.05, 0) is 63.5 Å². The maximum Gasteiger partial charge on any atom is 0.293 e. The highest BCUT2D eigenvalue weighted by Gasteiger charge is 2.35. The number of fused-ring (bicyclic) bond motifs is 2. The molecule has 5 aromatic carbocycles. The van der Waals surface area contributed by atoms with Crippen molar-refractivity contribution in [1.82, 2.24) is 4.90 Å². The summed E-state index contributed by atoms with van der Waals surface area (Å²) in [5.74, 6) is 0.386. The molecule has 5 aromatic rings. The number of rotatable bonds is 6. The number of hydrogen-bond donors (Lipinski definition) is 0. The Morgan fingerprint density at radius 1 is 0.789 bits per heavy atom. The topological polar surface area (TPSA) is 46.6 Å². The van der Waals surface area contributed by atoms with Crippen molar-refractivity contribution in [3.05, 3.63) is 130 Å². The molecule has 1 aliphatic rings. The van der Waals surface area contributed by atoms with E-state index in [1.807, 2.05) is 91.9 Å². The molecule has 0 N–H and O–H groups in total. The number of aryl methyl sites for hydroxylation is 1. The summed E-state index contributed by atoms with van der Waals surface area (Å²) in [6.45, 7) is 2.64. The van der Waals surface area contributed by atoms with Crippen LogP contribution < -0.4 is 4.74 Å². The SMILES string of the molecule is Cc1cccc(CN2C(=O)S/C(=C\c3c(OCc4cccc5ccccc45)ccc4ccccc34)C2=O)c1. The Balaban J connectivity index is 1.35. The Morgan fingerprint density at radius 3 is 2.32 bits per heavy atom. The Bertz CT molecular complexity index is 1730. The van der Waals surface area contributed by atoms with Crippen LogP contribution in [0.1, 0.15) is 22.3 Å².